The lowest BCUT2D eigenvalue weighted by Gasteiger charge is -1.90. The van der Waals surface area contributed by atoms with Crippen molar-refractivity contribution in [1.29, 1.82) is 0 Å². The Morgan fingerprint density at radius 1 is 1.20 bits per heavy atom. The van der Waals surface area contributed by atoms with Crippen molar-refractivity contribution in [2.24, 2.45) is 0 Å². The maximum atomic E-state index is 2.31. The molecule has 26 valence electrons. The van der Waals surface area contributed by atoms with E-state index in [2.05, 4.69) is 12.2 Å². The molecule has 0 aromatic heterocycles. The Labute approximate surface area is 33.0 Å². The first-order valence-electron chi connectivity index (χ1n) is 1.91. The third-order valence-corrected chi connectivity index (χ3v) is 2.68. The maximum Gasteiger partial charge on any atom is 0.00487 e. The van der Waals surface area contributed by atoms with Gasteiger partial charge in [0.05, 0.1) is 0 Å². The molecular formula is C4H5P. The molecule has 5 heavy (non-hydrogen) atoms. The summed E-state index contributed by atoms with van der Waals surface area (Å²) in [6.45, 7) is 0. The van der Waals surface area contributed by atoms with Crippen LogP contribution in [0.3, 0.4) is 0 Å². The van der Waals surface area contributed by atoms with Crippen molar-refractivity contribution < 1.29 is 0 Å². The van der Waals surface area contributed by atoms with Gasteiger partial charge in [0.25, 0.3) is 0 Å². The Morgan fingerprint density at radius 3 is 1.80 bits per heavy atom. The summed E-state index contributed by atoms with van der Waals surface area (Å²) in [4.78, 5) is 0. The molecule has 1 aliphatic heterocycles. The van der Waals surface area contributed by atoms with Crippen LogP contribution >= 0.6 is 8.58 Å². The van der Waals surface area contributed by atoms with Gasteiger partial charge in [-0.25, -0.2) is 0 Å². The van der Waals surface area contributed by atoms with Crippen LogP contribution in [-0.4, -0.2) is 11.3 Å². The van der Waals surface area contributed by atoms with Gasteiger partial charge < -0.3 is 0 Å². The minimum atomic E-state index is 1.08. The second kappa shape index (κ2) is 0.498. The summed E-state index contributed by atoms with van der Waals surface area (Å²) in [6.07, 6.45) is 4.62. The van der Waals surface area contributed by atoms with Gasteiger partial charge in [-0.2, -0.15) is 0 Å². The molecule has 2 rings (SSSR count). The van der Waals surface area contributed by atoms with Crippen LogP contribution < -0.4 is 0 Å². The van der Waals surface area contributed by atoms with Crippen LogP contribution in [0.2, 0.25) is 0 Å². The van der Waals surface area contributed by atoms with E-state index in [9.17, 15) is 0 Å². The second-order valence-electron chi connectivity index (χ2n) is 1.60. The maximum absolute atomic E-state index is 2.31. The molecule has 0 aromatic rings. The highest BCUT2D eigenvalue weighted by Crippen LogP contribution is 2.56. The average molecular weight is 84.1 g/mol. The number of allylic oxidation sites excluding steroid dienone is 2. The van der Waals surface area contributed by atoms with Crippen LogP contribution in [0.25, 0.3) is 0 Å². The molecule has 2 atom stereocenters. The molecule has 1 saturated heterocycles. The molecule has 1 aliphatic carbocycles. The van der Waals surface area contributed by atoms with Crippen molar-refractivity contribution in [1.82, 2.24) is 0 Å². The minimum absolute atomic E-state index is 1.08. The molecule has 0 saturated carbocycles. The molecule has 1 fully saturated rings. The van der Waals surface area contributed by atoms with Crippen molar-refractivity contribution in [2.45, 2.75) is 11.3 Å². The zero-order valence-electron chi connectivity index (χ0n) is 2.81. The molecule has 0 amide bonds. The predicted octanol–water partition coefficient (Wildman–Crippen LogP) is 0.985. The number of fused-ring (bicyclic) bond motifs is 1. The van der Waals surface area contributed by atoms with Gasteiger partial charge in [0.2, 0.25) is 0 Å². The Bertz CT molecular complexity index is 75.6. The number of hydrogen-bond donors (Lipinski definition) is 0. The summed E-state index contributed by atoms with van der Waals surface area (Å²) >= 11 is 0. The highest BCUT2D eigenvalue weighted by Gasteiger charge is 2.38. The summed E-state index contributed by atoms with van der Waals surface area (Å²) in [5, 5.41) is 0. The molecule has 2 unspecified atom stereocenters. The van der Waals surface area contributed by atoms with E-state index in [1.54, 1.807) is 0 Å². The quantitative estimate of drug-likeness (QED) is 0.303. The molecule has 0 nitrogen and oxygen atoms in total. The SMILES string of the molecule is C1=CC2PC12. The Kier molecular flexibility index (Phi) is 0.235. The molecule has 1 heterocycles. The van der Waals surface area contributed by atoms with Crippen LogP contribution in [0.15, 0.2) is 12.2 Å². The standard InChI is InChI=1S/C4H5P/c1-2-4-3(1)5-4/h1-5H. The van der Waals surface area contributed by atoms with Crippen molar-refractivity contribution >= 4 is 8.58 Å². The topological polar surface area (TPSA) is 0 Å². The lowest BCUT2D eigenvalue weighted by Crippen LogP contribution is -1.93. The lowest BCUT2D eigenvalue weighted by molar-refractivity contribution is 1.13. The van der Waals surface area contributed by atoms with Crippen LogP contribution in [0.5, 0.6) is 0 Å². The van der Waals surface area contributed by atoms with Gasteiger partial charge >= 0.3 is 0 Å². The Hall–Kier alpha value is 0.170. The van der Waals surface area contributed by atoms with Crippen molar-refractivity contribution in [3.63, 3.8) is 0 Å². The second-order valence-corrected chi connectivity index (χ2v) is 3.27. The fraction of sp³-hybridized carbons (Fsp3) is 0.500. The lowest BCUT2D eigenvalue weighted by atomic mass is 10.1. The third kappa shape index (κ3) is 0.157. The van der Waals surface area contributed by atoms with Crippen LogP contribution in [0, 0.1) is 0 Å². The number of hydrogen-bond acceptors (Lipinski definition) is 0. The molecule has 0 bridgehead atoms. The van der Waals surface area contributed by atoms with E-state index < -0.39 is 0 Å². The molecule has 1 heteroatoms. The largest absolute Gasteiger partial charge is 0.106 e. The zero-order valence-corrected chi connectivity index (χ0v) is 3.81. The Morgan fingerprint density at radius 2 is 1.80 bits per heavy atom. The van der Waals surface area contributed by atoms with Crippen LogP contribution in [-0.2, 0) is 0 Å². The molecule has 0 radical (unpaired) electrons. The first-order chi connectivity index (χ1) is 2.47. The molecule has 0 aromatic carbocycles. The van der Waals surface area contributed by atoms with E-state index in [4.69, 9.17) is 0 Å². The van der Waals surface area contributed by atoms with Crippen molar-refractivity contribution in [3.8, 4) is 0 Å². The Balaban J connectivity index is 2.46. The van der Waals surface area contributed by atoms with E-state index in [1.807, 2.05) is 0 Å². The molecular weight excluding hydrogens is 79.0 g/mol. The van der Waals surface area contributed by atoms with Crippen molar-refractivity contribution in [2.75, 3.05) is 0 Å². The molecule has 0 spiro atoms. The monoisotopic (exact) mass is 84.0 g/mol. The fourth-order valence-electron chi connectivity index (χ4n) is 0.611. The van der Waals surface area contributed by atoms with Gasteiger partial charge in [0.1, 0.15) is 0 Å². The summed E-state index contributed by atoms with van der Waals surface area (Å²) in [5.74, 6) is 0. The minimum Gasteiger partial charge on any atom is -0.106 e. The highest BCUT2D eigenvalue weighted by molar-refractivity contribution is 7.50. The average Bonchev–Trinajstić information content (AvgIpc) is 1.74. The first kappa shape index (κ1) is 2.36. The van der Waals surface area contributed by atoms with E-state index in [0.717, 1.165) is 11.3 Å². The fourth-order valence-corrected chi connectivity index (χ4v) is 1.61. The van der Waals surface area contributed by atoms with E-state index >= 15 is 0 Å². The summed E-state index contributed by atoms with van der Waals surface area (Å²) in [7, 11) is 1.28. The van der Waals surface area contributed by atoms with Gasteiger partial charge in [-0.1, -0.05) is 12.2 Å². The first-order valence-corrected chi connectivity index (χ1v) is 3.07. The van der Waals surface area contributed by atoms with Gasteiger partial charge in [-0.05, 0) is 0 Å². The van der Waals surface area contributed by atoms with Crippen LogP contribution in [0.4, 0.5) is 0 Å². The smallest absolute Gasteiger partial charge is 0.00487 e. The van der Waals surface area contributed by atoms with E-state index in [0.29, 0.717) is 0 Å². The van der Waals surface area contributed by atoms with Gasteiger partial charge in [0, 0.05) is 11.3 Å². The molecule has 2 aliphatic rings. The summed E-state index contributed by atoms with van der Waals surface area (Å²) in [6, 6.07) is 0. The van der Waals surface area contributed by atoms with E-state index in [-0.39, 0.29) is 0 Å². The summed E-state index contributed by atoms with van der Waals surface area (Å²) < 4.78 is 0. The van der Waals surface area contributed by atoms with Gasteiger partial charge in [-0.15, -0.1) is 8.58 Å². The molecule has 0 N–H and O–H groups in total. The predicted molar refractivity (Wildman–Crippen MR) is 25.0 cm³/mol. The number of rotatable bonds is 0. The third-order valence-electron chi connectivity index (χ3n) is 1.19. The van der Waals surface area contributed by atoms with E-state index in [1.165, 1.54) is 8.58 Å². The van der Waals surface area contributed by atoms with Crippen LogP contribution in [0.1, 0.15) is 0 Å². The van der Waals surface area contributed by atoms with Gasteiger partial charge in [0.15, 0.2) is 0 Å². The van der Waals surface area contributed by atoms with Crippen molar-refractivity contribution in [3.05, 3.63) is 12.2 Å². The highest BCUT2D eigenvalue weighted by atomic mass is 31.1. The van der Waals surface area contributed by atoms with Gasteiger partial charge in [-0.3, -0.25) is 0 Å². The summed E-state index contributed by atoms with van der Waals surface area (Å²) in [5.41, 5.74) is 2.16. The normalized spacial score (nSPS) is 59.2. The zero-order chi connectivity index (χ0) is 3.28.